The first-order valence-corrected chi connectivity index (χ1v) is 6.15. The molecule has 0 saturated carbocycles. The first kappa shape index (κ1) is 14.9. The minimum atomic E-state index is -4.51. The van der Waals surface area contributed by atoms with Crippen LogP contribution in [0.25, 0.3) is 11.3 Å². The van der Waals surface area contributed by atoms with Crippen LogP contribution in [-0.4, -0.2) is 12.1 Å². The summed E-state index contributed by atoms with van der Waals surface area (Å²) in [5.41, 5.74) is -0.494. The molecule has 0 amide bonds. The highest BCUT2D eigenvalue weighted by molar-refractivity contribution is 6.31. The molecule has 0 spiro atoms. The second kappa shape index (κ2) is 5.50. The van der Waals surface area contributed by atoms with Gasteiger partial charge in [-0.1, -0.05) is 23.2 Å². The number of hydrogen-bond donors (Lipinski definition) is 0. The molecule has 1 heterocycles. The van der Waals surface area contributed by atoms with E-state index in [9.17, 15) is 13.2 Å². The van der Waals surface area contributed by atoms with Gasteiger partial charge in [0.05, 0.1) is 18.4 Å². The van der Waals surface area contributed by atoms with Gasteiger partial charge >= 0.3 is 6.18 Å². The van der Waals surface area contributed by atoms with Gasteiger partial charge < -0.3 is 4.74 Å². The third kappa shape index (κ3) is 3.16. The summed E-state index contributed by atoms with van der Waals surface area (Å²) in [5, 5.41) is 0.105. The van der Waals surface area contributed by atoms with Gasteiger partial charge in [0, 0.05) is 10.6 Å². The van der Waals surface area contributed by atoms with Crippen LogP contribution in [0.1, 0.15) is 5.56 Å². The molecule has 1 aromatic carbocycles. The summed E-state index contributed by atoms with van der Waals surface area (Å²) in [7, 11) is 1.40. The van der Waals surface area contributed by atoms with E-state index >= 15 is 0 Å². The normalized spacial score (nSPS) is 11.5. The Morgan fingerprint density at radius 2 is 1.80 bits per heavy atom. The maximum Gasteiger partial charge on any atom is 0.416 e. The van der Waals surface area contributed by atoms with Crippen LogP contribution in [0.3, 0.4) is 0 Å². The van der Waals surface area contributed by atoms with Gasteiger partial charge in [-0.15, -0.1) is 0 Å². The number of methoxy groups -OCH3 is 1. The Morgan fingerprint density at radius 1 is 1.10 bits per heavy atom. The second-order valence-electron chi connectivity index (χ2n) is 3.91. The number of halogens is 5. The van der Waals surface area contributed by atoms with Crippen molar-refractivity contribution in [3.05, 3.63) is 46.1 Å². The summed E-state index contributed by atoms with van der Waals surface area (Å²) in [5.74, 6) is 0.359. The Morgan fingerprint density at radius 3 is 2.40 bits per heavy atom. The Labute approximate surface area is 123 Å². The van der Waals surface area contributed by atoms with E-state index in [1.807, 2.05) is 0 Å². The van der Waals surface area contributed by atoms with Gasteiger partial charge in [0.25, 0.3) is 0 Å². The number of nitrogens with zero attached hydrogens (tertiary/aromatic N) is 1. The van der Waals surface area contributed by atoms with E-state index in [4.69, 9.17) is 27.9 Å². The van der Waals surface area contributed by atoms with Gasteiger partial charge in [-0.25, -0.2) is 4.98 Å². The monoisotopic (exact) mass is 321 g/mol. The summed E-state index contributed by atoms with van der Waals surface area (Å²) in [6.45, 7) is 0. The largest absolute Gasteiger partial charge is 0.496 e. The Hall–Kier alpha value is -1.46. The van der Waals surface area contributed by atoms with Crippen LogP contribution in [0.15, 0.2) is 30.3 Å². The van der Waals surface area contributed by atoms with Crippen molar-refractivity contribution in [1.29, 1.82) is 0 Å². The fourth-order valence-corrected chi connectivity index (χ4v) is 2.06. The molecule has 7 heteroatoms. The lowest BCUT2D eigenvalue weighted by Crippen LogP contribution is -2.06. The molecule has 106 valence electrons. The molecule has 0 radical (unpaired) electrons. The molecular formula is C13H8Cl2F3NO. The zero-order chi connectivity index (χ0) is 14.9. The van der Waals surface area contributed by atoms with E-state index in [1.165, 1.54) is 13.2 Å². The van der Waals surface area contributed by atoms with E-state index < -0.39 is 11.7 Å². The molecule has 0 N–H and O–H groups in total. The topological polar surface area (TPSA) is 22.1 Å². The molecule has 0 aliphatic rings. The van der Waals surface area contributed by atoms with Crippen molar-refractivity contribution in [3.63, 3.8) is 0 Å². The number of benzene rings is 1. The lowest BCUT2D eigenvalue weighted by atomic mass is 10.1. The number of hydrogen-bond acceptors (Lipinski definition) is 2. The number of aromatic nitrogens is 1. The fraction of sp³-hybridized carbons (Fsp3) is 0.154. The highest BCUT2D eigenvalue weighted by Gasteiger charge is 2.31. The van der Waals surface area contributed by atoms with Crippen molar-refractivity contribution in [1.82, 2.24) is 4.98 Å². The van der Waals surface area contributed by atoms with E-state index in [0.29, 0.717) is 16.3 Å². The maximum absolute atomic E-state index is 12.8. The predicted molar refractivity (Wildman–Crippen MR) is 71.2 cm³/mol. The Bertz CT molecular complexity index is 644. The first-order valence-electron chi connectivity index (χ1n) is 5.40. The van der Waals surface area contributed by atoms with Crippen LogP contribution < -0.4 is 4.74 Å². The number of alkyl halides is 3. The maximum atomic E-state index is 12.8. The molecule has 2 nitrogen and oxygen atoms in total. The first-order chi connectivity index (χ1) is 9.31. The van der Waals surface area contributed by atoms with Crippen molar-refractivity contribution in [2.75, 3.05) is 7.11 Å². The van der Waals surface area contributed by atoms with Gasteiger partial charge in [0.2, 0.25) is 0 Å². The Kier molecular flexibility index (Phi) is 4.11. The van der Waals surface area contributed by atoms with Crippen LogP contribution in [0, 0.1) is 0 Å². The van der Waals surface area contributed by atoms with E-state index in [-0.39, 0.29) is 10.8 Å². The number of rotatable bonds is 2. The molecule has 0 saturated heterocycles. The molecule has 2 rings (SSSR count). The van der Waals surface area contributed by atoms with E-state index in [0.717, 1.165) is 12.1 Å². The van der Waals surface area contributed by atoms with Gasteiger partial charge in [-0.05, 0) is 30.3 Å². The lowest BCUT2D eigenvalue weighted by molar-refractivity contribution is -0.137. The van der Waals surface area contributed by atoms with Crippen molar-refractivity contribution in [2.45, 2.75) is 6.18 Å². The molecule has 0 fully saturated rings. The second-order valence-corrected chi connectivity index (χ2v) is 4.73. The van der Waals surface area contributed by atoms with Crippen LogP contribution in [0.4, 0.5) is 13.2 Å². The van der Waals surface area contributed by atoms with E-state index in [1.54, 1.807) is 12.1 Å². The van der Waals surface area contributed by atoms with Crippen LogP contribution >= 0.6 is 23.2 Å². The van der Waals surface area contributed by atoms with E-state index in [2.05, 4.69) is 4.98 Å². The summed E-state index contributed by atoms with van der Waals surface area (Å²) in [6.07, 6.45) is -4.51. The lowest BCUT2D eigenvalue weighted by Gasteiger charge is -2.12. The summed E-state index contributed by atoms with van der Waals surface area (Å²) < 4.78 is 43.4. The third-order valence-electron chi connectivity index (χ3n) is 2.56. The van der Waals surface area contributed by atoms with Gasteiger partial charge in [0.1, 0.15) is 10.9 Å². The summed E-state index contributed by atoms with van der Waals surface area (Å²) >= 11 is 11.5. The molecule has 20 heavy (non-hydrogen) atoms. The molecular weight excluding hydrogens is 314 g/mol. The Balaban J connectivity index is 2.64. The standard InChI is InChI=1S/C13H8Cl2F3NO/c1-20-11-3-2-8(14)6-9(11)10-4-7(13(16,17)18)5-12(15)19-10/h2-6H,1H3. The molecule has 0 aliphatic heterocycles. The zero-order valence-electron chi connectivity index (χ0n) is 10.1. The summed E-state index contributed by atoms with van der Waals surface area (Å²) in [6, 6.07) is 6.26. The number of pyridine rings is 1. The van der Waals surface area contributed by atoms with Crippen LogP contribution in [0.2, 0.25) is 10.2 Å². The molecule has 0 unspecified atom stereocenters. The predicted octanol–water partition coefficient (Wildman–Crippen LogP) is 5.08. The smallest absolute Gasteiger partial charge is 0.416 e. The zero-order valence-corrected chi connectivity index (χ0v) is 11.6. The van der Waals surface area contributed by atoms with Crippen molar-refractivity contribution < 1.29 is 17.9 Å². The van der Waals surface area contributed by atoms with Gasteiger partial charge in [0.15, 0.2) is 0 Å². The van der Waals surface area contributed by atoms with Crippen molar-refractivity contribution >= 4 is 23.2 Å². The molecule has 0 bridgehead atoms. The highest BCUT2D eigenvalue weighted by atomic mass is 35.5. The van der Waals surface area contributed by atoms with Crippen molar-refractivity contribution in [3.8, 4) is 17.0 Å². The summed E-state index contributed by atoms with van der Waals surface area (Å²) in [4.78, 5) is 3.89. The van der Waals surface area contributed by atoms with Crippen LogP contribution in [0.5, 0.6) is 5.75 Å². The molecule has 1 aromatic heterocycles. The minimum Gasteiger partial charge on any atom is -0.496 e. The average molecular weight is 322 g/mol. The highest BCUT2D eigenvalue weighted by Crippen LogP contribution is 2.36. The fourth-order valence-electron chi connectivity index (χ4n) is 1.68. The van der Waals surface area contributed by atoms with Crippen LogP contribution in [-0.2, 0) is 6.18 Å². The number of ether oxygens (including phenoxy) is 1. The molecule has 0 aliphatic carbocycles. The van der Waals surface area contributed by atoms with Gasteiger partial charge in [-0.3, -0.25) is 0 Å². The average Bonchev–Trinajstić information content (AvgIpc) is 2.37. The van der Waals surface area contributed by atoms with Gasteiger partial charge in [-0.2, -0.15) is 13.2 Å². The van der Waals surface area contributed by atoms with Crippen molar-refractivity contribution in [2.24, 2.45) is 0 Å². The SMILES string of the molecule is COc1ccc(Cl)cc1-c1cc(C(F)(F)F)cc(Cl)n1. The third-order valence-corrected chi connectivity index (χ3v) is 2.99. The minimum absolute atomic E-state index is 0.0455. The molecule has 0 atom stereocenters. The molecule has 2 aromatic rings. The quantitative estimate of drug-likeness (QED) is 0.719.